The molecule has 0 atom stereocenters. The highest BCUT2D eigenvalue weighted by Crippen LogP contribution is 2.22. The van der Waals surface area contributed by atoms with Crippen LogP contribution in [0.1, 0.15) is 5.56 Å². The van der Waals surface area contributed by atoms with Crippen LogP contribution in [-0.2, 0) is 0 Å². The maximum Gasteiger partial charge on any atom is 0.187 e. The number of hydrogen-bond acceptors (Lipinski definition) is 4. The normalized spacial score (nSPS) is 10.7. The van der Waals surface area contributed by atoms with Crippen molar-refractivity contribution in [3.05, 3.63) is 53.8 Å². The van der Waals surface area contributed by atoms with Gasteiger partial charge in [-0.05, 0) is 59.3 Å². The van der Waals surface area contributed by atoms with E-state index < -0.39 is 0 Å². The average molecular weight is 269 g/mol. The van der Waals surface area contributed by atoms with Gasteiger partial charge in [0.1, 0.15) is 11.5 Å². The number of aromatic nitrogens is 4. The van der Waals surface area contributed by atoms with Gasteiger partial charge < -0.3 is 5.73 Å². The highest BCUT2D eigenvalue weighted by atomic mass is 19.1. The van der Waals surface area contributed by atoms with Gasteiger partial charge in [0.05, 0.1) is 0 Å². The van der Waals surface area contributed by atoms with Gasteiger partial charge in [-0.25, -0.2) is 4.39 Å². The summed E-state index contributed by atoms with van der Waals surface area (Å²) in [5, 5.41) is 11.4. The van der Waals surface area contributed by atoms with Crippen LogP contribution in [0.3, 0.4) is 0 Å². The Morgan fingerprint density at radius 1 is 1.10 bits per heavy atom. The van der Waals surface area contributed by atoms with E-state index in [0.29, 0.717) is 17.2 Å². The van der Waals surface area contributed by atoms with Crippen LogP contribution >= 0.6 is 0 Å². The first-order chi connectivity index (χ1) is 9.65. The Bertz CT molecular complexity index is 749. The molecule has 0 radical (unpaired) electrons. The Labute approximate surface area is 114 Å². The summed E-state index contributed by atoms with van der Waals surface area (Å²) >= 11 is 0. The van der Waals surface area contributed by atoms with Crippen molar-refractivity contribution in [1.29, 1.82) is 0 Å². The quantitative estimate of drug-likeness (QED) is 0.725. The summed E-state index contributed by atoms with van der Waals surface area (Å²) in [6.07, 6.45) is 0. The second kappa shape index (κ2) is 4.73. The third-order valence-corrected chi connectivity index (χ3v) is 2.97. The molecule has 0 saturated carbocycles. The Balaban J connectivity index is 2.12. The molecule has 0 saturated heterocycles. The number of tetrazole rings is 1. The molecule has 0 fully saturated rings. The molecule has 2 aromatic carbocycles. The summed E-state index contributed by atoms with van der Waals surface area (Å²) < 4.78 is 15.4. The molecule has 0 aliphatic carbocycles. The Kier molecular flexibility index (Phi) is 2.90. The molecule has 0 aliphatic heterocycles. The zero-order valence-corrected chi connectivity index (χ0v) is 10.8. The van der Waals surface area contributed by atoms with Crippen molar-refractivity contribution in [1.82, 2.24) is 20.2 Å². The van der Waals surface area contributed by atoms with Gasteiger partial charge in [0.15, 0.2) is 5.82 Å². The fourth-order valence-electron chi connectivity index (χ4n) is 1.95. The van der Waals surface area contributed by atoms with Crippen molar-refractivity contribution in [3.63, 3.8) is 0 Å². The van der Waals surface area contributed by atoms with E-state index in [9.17, 15) is 4.39 Å². The van der Waals surface area contributed by atoms with Gasteiger partial charge >= 0.3 is 0 Å². The van der Waals surface area contributed by atoms with Crippen molar-refractivity contribution in [3.8, 4) is 17.1 Å². The van der Waals surface area contributed by atoms with E-state index in [1.807, 2.05) is 13.0 Å². The van der Waals surface area contributed by atoms with E-state index >= 15 is 0 Å². The average Bonchev–Trinajstić information content (AvgIpc) is 2.88. The van der Waals surface area contributed by atoms with Crippen LogP contribution in [0.5, 0.6) is 0 Å². The summed E-state index contributed by atoms with van der Waals surface area (Å²) in [7, 11) is 0. The molecule has 2 N–H and O–H groups in total. The van der Waals surface area contributed by atoms with Gasteiger partial charge in [0, 0.05) is 11.3 Å². The number of anilines is 1. The van der Waals surface area contributed by atoms with Crippen LogP contribution in [0.15, 0.2) is 42.5 Å². The summed E-state index contributed by atoms with van der Waals surface area (Å²) in [4.78, 5) is 0. The molecule has 0 spiro atoms. The van der Waals surface area contributed by atoms with Crippen molar-refractivity contribution in [2.24, 2.45) is 0 Å². The van der Waals surface area contributed by atoms with Crippen LogP contribution in [-0.4, -0.2) is 20.2 Å². The van der Waals surface area contributed by atoms with Crippen molar-refractivity contribution < 1.29 is 4.39 Å². The van der Waals surface area contributed by atoms with Gasteiger partial charge in [-0.1, -0.05) is 6.07 Å². The second-order valence-corrected chi connectivity index (χ2v) is 4.49. The zero-order chi connectivity index (χ0) is 14.1. The third-order valence-electron chi connectivity index (χ3n) is 2.97. The topological polar surface area (TPSA) is 69.6 Å². The van der Waals surface area contributed by atoms with Crippen LogP contribution < -0.4 is 5.73 Å². The fraction of sp³-hybridized carbons (Fsp3) is 0.0714. The van der Waals surface area contributed by atoms with E-state index in [4.69, 9.17) is 5.73 Å². The van der Waals surface area contributed by atoms with Crippen molar-refractivity contribution in [2.45, 2.75) is 6.92 Å². The number of nitrogen functional groups attached to an aromatic ring is 1. The van der Waals surface area contributed by atoms with Crippen LogP contribution in [0.25, 0.3) is 17.1 Å². The molecule has 1 heterocycles. The molecular formula is C14H12FN5. The maximum absolute atomic E-state index is 14.0. The smallest absolute Gasteiger partial charge is 0.187 e. The van der Waals surface area contributed by atoms with E-state index in [2.05, 4.69) is 15.5 Å². The predicted octanol–water partition coefficient (Wildman–Crippen LogP) is 2.36. The van der Waals surface area contributed by atoms with Crippen molar-refractivity contribution >= 4 is 5.69 Å². The highest BCUT2D eigenvalue weighted by molar-refractivity contribution is 5.60. The molecular weight excluding hydrogens is 257 g/mol. The number of benzene rings is 2. The minimum absolute atomic E-state index is 0.312. The van der Waals surface area contributed by atoms with Crippen molar-refractivity contribution in [2.75, 3.05) is 5.73 Å². The largest absolute Gasteiger partial charge is 0.399 e. The molecule has 3 rings (SSSR count). The summed E-state index contributed by atoms with van der Waals surface area (Å²) in [5.41, 5.74) is 8.22. The van der Waals surface area contributed by atoms with Gasteiger partial charge in [-0.15, -0.1) is 5.10 Å². The van der Waals surface area contributed by atoms with Gasteiger partial charge in [0.25, 0.3) is 0 Å². The Morgan fingerprint density at radius 3 is 2.55 bits per heavy atom. The lowest BCUT2D eigenvalue weighted by Crippen LogP contribution is -2.03. The van der Waals surface area contributed by atoms with E-state index in [1.54, 1.807) is 30.3 Å². The molecule has 100 valence electrons. The lowest BCUT2D eigenvalue weighted by molar-refractivity contribution is 0.606. The second-order valence-electron chi connectivity index (χ2n) is 4.49. The van der Waals surface area contributed by atoms with E-state index in [1.165, 1.54) is 10.7 Å². The number of aryl methyl sites for hydroxylation is 1. The molecule has 20 heavy (non-hydrogen) atoms. The molecule has 0 bridgehead atoms. The molecule has 0 unspecified atom stereocenters. The van der Waals surface area contributed by atoms with Crippen LogP contribution in [0.2, 0.25) is 0 Å². The van der Waals surface area contributed by atoms with E-state index in [-0.39, 0.29) is 5.82 Å². The summed E-state index contributed by atoms with van der Waals surface area (Å²) in [6.45, 7) is 1.83. The minimum atomic E-state index is -0.367. The molecule has 6 heteroatoms. The molecule has 3 aromatic rings. The fourth-order valence-corrected chi connectivity index (χ4v) is 1.95. The van der Waals surface area contributed by atoms with E-state index in [0.717, 1.165) is 11.1 Å². The first kappa shape index (κ1) is 12.3. The Hall–Kier alpha value is -2.76. The van der Waals surface area contributed by atoms with Crippen LogP contribution in [0, 0.1) is 12.7 Å². The lowest BCUT2D eigenvalue weighted by atomic mass is 10.2. The maximum atomic E-state index is 14.0. The van der Waals surface area contributed by atoms with Gasteiger partial charge in [-0.3, -0.25) is 0 Å². The molecule has 0 amide bonds. The minimum Gasteiger partial charge on any atom is -0.399 e. The molecule has 0 aliphatic rings. The number of rotatable bonds is 2. The summed E-state index contributed by atoms with van der Waals surface area (Å²) in [5.74, 6) is 0.0988. The number of hydrogen-bond donors (Lipinski definition) is 1. The molecule has 5 nitrogen and oxygen atoms in total. The van der Waals surface area contributed by atoms with Gasteiger partial charge in [-0.2, -0.15) is 4.68 Å². The van der Waals surface area contributed by atoms with Gasteiger partial charge in [0.2, 0.25) is 0 Å². The highest BCUT2D eigenvalue weighted by Gasteiger charge is 2.13. The first-order valence-corrected chi connectivity index (χ1v) is 6.06. The SMILES string of the molecule is Cc1ccc(-n2nnnc2-c2ccc(N)cc2)c(F)c1. The predicted molar refractivity (Wildman–Crippen MR) is 73.7 cm³/mol. The van der Waals surface area contributed by atoms with Crippen LogP contribution in [0.4, 0.5) is 10.1 Å². The number of halogens is 1. The first-order valence-electron chi connectivity index (χ1n) is 6.06. The zero-order valence-electron chi connectivity index (χ0n) is 10.8. The Morgan fingerprint density at radius 2 is 1.85 bits per heavy atom. The lowest BCUT2D eigenvalue weighted by Gasteiger charge is -2.06. The number of nitrogens with zero attached hydrogens (tertiary/aromatic N) is 4. The number of nitrogens with two attached hydrogens (primary N) is 1. The third kappa shape index (κ3) is 2.11. The molecule has 1 aromatic heterocycles. The standard InChI is InChI=1S/C14H12FN5/c1-9-2-7-13(12(15)8-9)20-14(17-18-19-20)10-3-5-11(16)6-4-10/h2-8H,16H2,1H3. The summed E-state index contributed by atoms with van der Waals surface area (Å²) in [6, 6.07) is 12.0. The monoisotopic (exact) mass is 269 g/mol.